The van der Waals surface area contributed by atoms with Gasteiger partial charge in [-0.25, -0.2) is 0 Å². The smallest absolute Gasteiger partial charge is 0.124 e. The maximum atomic E-state index is 8.98. The van der Waals surface area contributed by atoms with Crippen molar-refractivity contribution in [3.8, 4) is 6.07 Å². The summed E-state index contributed by atoms with van der Waals surface area (Å²) < 4.78 is 5.03. The number of nitrogens with zero attached hydrogens (tertiary/aromatic N) is 1. The van der Waals surface area contributed by atoms with E-state index in [0.717, 1.165) is 5.69 Å². The van der Waals surface area contributed by atoms with Gasteiger partial charge in [0.1, 0.15) is 5.41 Å². The van der Waals surface area contributed by atoms with E-state index in [0.29, 0.717) is 13.2 Å². The zero-order chi connectivity index (χ0) is 9.31. The van der Waals surface area contributed by atoms with E-state index >= 15 is 0 Å². The van der Waals surface area contributed by atoms with Crippen LogP contribution in [0.4, 0.5) is 0 Å². The minimum absolute atomic E-state index is 0.277. The first kappa shape index (κ1) is 8.30. The van der Waals surface area contributed by atoms with Gasteiger partial charge in [-0.05, 0) is 12.1 Å². The molecule has 0 spiro atoms. The quantitative estimate of drug-likeness (QED) is 0.692. The molecule has 1 aliphatic heterocycles. The molecular formula is C9H11N3O. The lowest BCUT2D eigenvalue weighted by atomic mass is 9.79. The number of hydrogen-bond acceptors (Lipinski definition) is 3. The molecule has 1 unspecified atom stereocenters. The van der Waals surface area contributed by atoms with Gasteiger partial charge in [-0.1, -0.05) is 0 Å². The third-order valence-corrected chi connectivity index (χ3v) is 2.49. The van der Waals surface area contributed by atoms with E-state index in [1.807, 2.05) is 12.1 Å². The van der Waals surface area contributed by atoms with Crippen molar-refractivity contribution in [2.45, 2.75) is 6.04 Å². The molecule has 0 amide bonds. The van der Waals surface area contributed by atoms with E-state index in [1.54, 1.807) is 6.20 Å². The summed E-state index contributed by atoms with van der Waals surface area (Å²) >= 11 is 0. The van der Waals surface area contributed by atoms with E-state index in [9.17, 15) is 0 Å². The Hall–Kier alpha value is -1.31. The largest absolute Gasteiger partial charge is 0.378 e. The molecule has 1 saturated heterocycles. The van der Waals surface area contributed by atoms with Gasteiger partial charge in [0.05, 0.1) is 25.3 Å². The molecule has 1 atom stereocenters. The van der Waals surface area contributed by atoms with Gasteiger partial charge >= 0.3 is 0 Å². The number of hydrogen-bond donors (Lipinski definition) is 2. The van der Waals surface area contributed by atoms with Gasteiger partial charge in [0.25, 0.3) is 0 Å². The lowest BCUT2D eigenvalue weighted by Crippen LogP contribution is -2.49. The first-order valence-corrected chi connectivity index (χ1v) is 4.16. The van der Waals surface area contributed by atoms with Crippen LogP contribution in [0.2, 0.25) is 0 Å². The number of nitriles is 1. The van der Waals surface area contributed by atoms with Crippen LogP contribution in [0.5, 0.6) is 0 Å². The Morgan fingerprint density at radius 3 is 2.85 bits per heavy atom. The summed E-state index contributed by atoms with van der Waals surface area (Å²) in [5.74, 6) is 0. The molecule has 0 saturated carbocycles. The van der Waals surface area contributed by atoms with Crippen LogP contribution in [0.25, 0.3) is 0 Å². The molecule has 3 N–H and O–H groups in total. The first-order valence-electron chi connectivity index (χ1n) is 4.16. The number of rotatable bonds is 2. The van der Waals surface area contributed by atoms with Crippen molar-refractivity contribution in [3.05, 3.63) is 24.0 Å². The summed E-state index contributed by atoms with van der Waals surface area (Å²) in [4.78, 5) is 3.01. The zero-order valence-corrected chi connectivity index (χ0v) is 7.16. The molecule has 0 aromatic carbocycles. The Morgan fingerprint density at radius 2 is 2.46 bits per heavy atom. The fourth-order valence-electron chi connectivity index (χ4n) is 1.47. The highest BCUT2D eigenvalue weighted by Crippen LogP contribution is 2.37. The second-order valence-electron chi connectivity index (χ2n) is 3.36. The zero-order valence-electron chi connectivity index (χ0n) is 7.16. The van der Waals surface area contributed by atoms with Crippen molar-refractivity contribution in [3.63, 3.8) is 0 Å². The molecule has 1 aromatic heterocycles. The fraction of sp³-hybridized carbons (Fsp3) is 0.444. The van der Waals surface area contributed by atoms with Crippen molar-refractivity contribution in [2.75, 3.05) is 13.2 Å². The third-order valence-electron chi connectivity index (χ3n) is 2.49. The first-order chi connectivity index (χ1) is 6.28. The van der Waals surface area contributed by atoms with Crippen LogP contribution < -0.4 is 5.73 Å². The average Bonchev–Trinajstić information content (AvgIpc) is 2.54. The molecule has 0 aliphatic carbocycles. The van der Waals surface area contributed by atoms with Gasteiger partial charge in [0.2, 0.25) is 0 Å². The Balaban J connectivity index is 2.22. The number of aromatic nitrogens is 1. The predicted molar refractivity (Wildman–Crippen MR) is 46.6 cm³/mol. The molecule has 1 aromatic rings. The lowest BCUT2D eigenvalue weighted by Gasteiger charge is -2.39. The van der Waals surface area contributed by atoms with Gasteiger partial charge < -0.3 is 15.5 Å². The van der Waals surface area contributed by atoms with E-state index < -0.39 is 5.41 Å². The van der Waals surface area contributed by atoms with Crippen molar-refractivity contribution in [2.24, 2.45) is 11.1 Å². The summed E-state index contributed by atoms with van der Waals surface area (Å²) in [5.41, 5.74) is 6.33. The van der Waals surface area contributed by atoms with Gasteiger partial charge in [0, 0.05) is 11.9 Å². The number of nitrogens with one attached hydrogen (secondary N) is 1. The Kier molecular flexibility index (Phi) is 1.83. The molecule has 0 radical (unpaired) electrons. The monoisotopic (exact) mass is 177 g/mol. The Bertz CT molecular complexity index is 321. The predicted octanol–water partition coefficient (Wildman–Crippen LogP) is 0.555. The van der Waals surface area contributed by atoms with E-state index in [2.05, 4.69) is 11.1 Å². The highest BCUT2D eigenvalue weighted by atomic mass is 16.5. The van der Waals surface area contributed by atoms with Crippen molar-refractivity contribution >= 4 is 0 Å². The Morgan fingerprint density at radius 1 is 1.69 bits per heavy atom. The van der Waals surface area contributed by atoms with Crippen LogP contribution in [0, 0.1) is 16.7 Å². The molecule has 4 heteroatoms. The maximum absolute atomic E-state index is 8.98. The Labute approximate surface area is 76.3 Å². The second kappa shape index (κ2) is 2.87. The molecule has 2 heterocycles. The summed E-state index contributed by atoms with van der Waals surface area (Å²) in [7, 11) is 0. The number of H-pyrrole nitrogens is 1. The van der Waals surface area contributed by atoms with Crippen LogP contribution in [0.3, 0.4) is 0 Å². The van der Waals surface area contributed by atoms with Crippen molar-refractivity contribution < 1.29 is 4.74 Å². The highest BCUT2D eigenvalue weighted by molar-refractivity contribution is 5.20. The number of aromatic amines is 1. The van der Waals surface area contributed by atoms with Crippen molar-refractivity contribution in [1.82, 2.24) is 4.98 Å². The van der Waals surface area contributed by atoms with Crippen LogP contribution in [-0.2, 0) is 4.74 Å². The molecule has 1 fully saturated rings. The van der Waals surface area contributed by atoms with Crippen molar-refractivity contribution in [1.29, 1.82) is 5.26 Å². The minimum atomic E-state index is -0.523. The normalized spacial score (nSPS) is 21.5. The van der Waals surface area contributed by atoms with E-state index in [-0.39, 0.29) is 6.04 Å². The summed E-state index contributed by atoms with van der Waals surface area (Å²) in [5, 5.41) is 8.98. The molecule has 1 aliphatic rings. The summed E-state index contributed by atoms with van der Waals surface area (Å²) in [6, 6.07) is 5.72. The van der Waals surface area contributed by atoms with Gasteiger partial charge in [-0.3, -0.25) is 0 Å². The highest BCUT2D eigenvalue weighted by Gasteiger charge is 2.45. The topological polar surface area (TPSA) is 74.8 Å². The standard InChI is InChI=1S/C9H11N3O/c10-4-9(5-13-6-9)8(11)7-2-1-3-12-7/h1-3,8,12H,5-6,11H2. The molecule has 2 rings (SSSR count). The van der Waals surface area contributed by atoms with Gasteiger partial charge in [-0.2, -0.15) is 5.26 Å². The molecule has 13 heavy (non-hydrogen) atoms. The summed E-state index contributed by atoms with van der Waals surface area (Å²) in [6.07, 6.45) is 1.81. The molecule has 0 bridgehead atoms. The lowest BCUT2D eigenvalue weighted by molar-refractivity contribution is -0.0916. The van der Waals surface area contributed by atoms with Crippen LogP contribution in [-0.4, -0.2) is 18.2 Å². The minimum Gasteiger partial charge on any atom is -0.378 e. The summed E-state index contributed by atoms with van der Waals surface area (Å²) in [6.45, 7) is 0.868. The second-order valence-corrected chi connectivity index (χ2v) is 3.36. The SMILES string of the molecule is N#CC1(C(N)c2ccc[nH]2)COC1. The fourth-order valence-corrected chi connectivity index (χ4v) is 1.47. The van der Waals surface area contributed by atoms with Crippen LogP contribution >= 0.6 is 0 Å². The molecular weight excluding hydrogens is 166 g/mol. The molecule has 68 valence electrons. The number of nitrogens with two attached hydrogens (primary N) is 1. The average molecular weight is 177 g/mol. The maximum Gasteiger partial charge on any atom is 0.124 e. The van der Waals surface area contributed by atoms with Crippen LogP contribution in [0.1, 0.15) is 11.7 Å². The van der Waals surface area contributed by atoms with Gasteiger partial charge in [-0.15, -0.1) is 0 Å². The molecule has 4 nitrogen and oxygen atoms in total. The number of ether oxygens (including phenoxy) is 1. The van der Waals surface area contributed by atoms with E-state index in [4.69, 9.17) is 15.7 Å². The van der Waals surface area contributed by atoms with Gasteiger partial charge in [0.15, 0.2) is 0 Å². The third kappa shape index (κ3) is 1.13. The van der Waals surface area contributed by atoms with Crippen LogP contribution in [0.15, 0.2) is 18.3 Å². The van der Waals surface area contributed by atoms with E-state index in [1.165, 1.54) is 0 Å².